The molecular weight excluding hydrogens is 166 g/mol. The largest absolute Gasteiger partial charge is 0.391 e. The summed E-state index contributed by atoms with van der Waals surface area (Å²) in [7, 11) is 0. The van der Waals surface area contributed by atoms with Crippen LogP contribution in [0.2, 0.25) is 0 Å². The highest BCUT2D eigenvalue weighted by Gasteiger charge is 2.40. The molecule has 1 amide bonds. The number of aliphatic hydroxyl groups is 1. The minimum absolute atomic E-state index is 0.0181. The van der Waals surface area contributed by atoms with Gasteiger partial charge in [0, 0.05) is 18.0 Å². The molecule has 13 heavy (non-hydrogen) atoms. The average molecular weight is 185 g/mol. The van der Waals surface area contributed by atoms with Crippen molar-refractivity contribution in [1.82, 2.24) is 4.90 Å². The van der Waals surface area contributed by atoms with Crippen molar-refractivity contribution >= 4 is 5.91 Å². The van der Waals surface area contributed by atoms with E-state index in [4.69, 9.17) is 0 Å². The van der Waals surface area contributed by atoms with Crippen molar-refractivity contribution in [2.75, 3.05) is 6.54 Å². The Bertz CT molecular complexity index is 211. The average Bonchev–Trinajstić information content (AvgIpc) is 2.22. The van der Waals surface area contributed by atoms with E-state index < -0.39 is 0 Å². The second-order valence-corrected chi connectivity index (χ2v) is 4.77. The summed E-state index contributed by atoms with van der Waals surface area (Å²) in [6, 6.07) is 0. The number of aliphatic hydroxyl groups excluding tert-OH is 1. The summed E-state index contributed by atoms with van der Waals surface area (Å²) >= 11 is 0. The SMILES string of the molecule is CC(C)C(=O)N1CC(O)CC1(C)C. The first kappa shape index (κ1) is 10.5. The Morgan fingerprint density at radius 2 is 2.08 bits per heavy atom. The fraction of sp³-hybridized carbons (Fsp3) is 0.900. The molecule has 1 N–H and O–H groups in total. The van der Waals surface area contributed by atoms with Crippen LogP contribution in [0.3, 0.4) is 0 Å². The van der Waals surface area contributed by atoms with E-state index in [2.05, 4.69) is 0 Å². The van der Waals surface area contributed by atoms with E-state index in [1.165, 1.54) is 0 Å². The van der Waals surface area contributed by atoms with E-state index in [0.717, 1.165) is 0 Å². The first-order chi connectivity index (χ1) is 5.84. The number of hydrogen-bond donors (Lipinski definition) is 1. The number of amides is 1. The van der Waals surface area contributed by atoms with E-state index in [9.17, 15) is 9.90 Å². The Kier molecular flexibility index (Phi) is 2.66. The van der Waals surface area contributed by atoms with Crippen LogP contribution >= 0.6 is 0 Å². The van der Waals surface area contributed by atoms with Crippen LogP contribution in [0, 0.1) is 5.92 Å². The Morgan fingerprint density at radius 3 is 2.38 bits per heavy atom. The molecule has 0 aromatic heterocycles. The summed E-state index contributed by atoms with van der Waals surface area (Å²) in [6.45, 7) is 8.28. The normalized spacial score (nSPS) is 26.9. The van der Waals surface area contributed by atoms with Gasteiger partial charge in [-0.3, -0.25) is 4.79 Å². The van der Waals surface area contributed by atoms with Crippen LogP contribution in [-0.2, 0) is 4.79 Å². The zero-order chi connectivity index (χ0) is 10.2. The van der Waals surface area contributed by atoms with E-state index >= 15 is 0 Å². The molecule has 1 saturated heterocycles. The quantitative estimate of drug-likeness (QED) is 0.662. The van der Waals surface area contributed by atoms with Gasteiger partial charge in [0.1, 0.15) is 0 Å². The van der Waals surface area contributed by atoms with Crippen molar-refractivity contribution in [2.24, 2.45) is 5.92 Å². The third-order valence-electron chi connectivity index (χ3n) is 2.62. The lowest BCUT2D eigenvalue weighted by atomic mass is 10.00. The molecule has 0 aliphatic carbocycles. The maximum absolute atomic E-state index is 11.7. The van der Waals surface area contributed by atoms with Crippen LogP contribution in [0.15, 0.2) is 0 Å². The summed E-state index contributed by atoms with van der Waals surface area (Å²) in [5, 5.41) is 9.47. The van der Waals surface area contributed by atoms with Gasteiger partial charge in [-0.05, 0) is 20.3 Å². The molecular formula is C10H19NO2. The molecule has 76 valence electrons. The van der Waals surface area contributed by atoms with Gasteiger partial charge in [0.05, 0.1) is 6.10 Å². The number of rotatable bonds is 1. The van der Waals surface area contributed by atoms with Crippen LogP contribution in [-0.4, -0.2) is 34.1 Å². The number of nitrogens with zero attached hydrogens (tertiary/aromatic N) is 1. The fourth-order valence-corrected chi connectivity index (χ4v) is 1.91. The number of hydrogen-bond acceptors (Lipinski definition) is 2. The molecule has 3 heteroatoms. The van der Waals surface area contributed by atoms with E-state index in [0.29, 0.717) is 13.0 Å². The Labute approximate surface area is 79.7 Å². The first-order valence-corrected chi connectivity index (χ1v) is 4.84. The van der Waals surface area contributed by atoms with Crippen molar-refractivity contribution < 1.29 is 9.90 Å². The number of β-amino-alcohol motifs (C(OH)–C–C–N with tert-alkyl or cyclic N) is 1. The zero-order valence-electron chi connectivity index (χ0n) is 8.87. The highest BCUT2D eigenvalue weighted by atomic mass is 16.3. The molecule has 1 atom stereocenters. The Balaban J connectivity index is 2.75. The van der Waals surface area contributed by atoms with Crippen LogP contribution in [0.4, 0.5) is 0 Å². The van der Waals surface area contributed by atoms with Gasteiger partial charge >= 0.3 is 0 Å². The molecule has 0 aromatic carbocycles. The molecule has 1 heterocycles. The van der Waals surface area contributed by atoms with Gasteiger partial charge in [-0.25, -0.2) is 0 Å². The lowest BCUT2D eigenvalue weighted by Crippen LogP contribution is -2.44. The minimum atomic E-state index is -0.349. The monoisotopic (exact) mass is 185 g/mol. The second-order valence-electron chi connectivity index (χ2n) is 4.77. The third kappa shape index (κ3) is 2.02. The third-order valence-corrected chi connectivity index (χ3v) is 2.62. The van der Waals surface area contributed by atoms with Gasteiger partial charge in [0.15, 0.2) is 0 Å². The lowest BCUT2D eigenvalue weighted by Gasteiger charge is -2.32. The Hall–Kier alpha value is -0.570. The molecule has 0 spiro atoms. The van der Waals surface area contributed by atoms with E-state index in [-0.39, 0.29) is 23.5 Å². The topological polar surface area (TPSA) is 40.5 Å². The van der Waals surface area contributed by atoms with E-state index in [1.807, 2.05) is 27.7 Å². The molecule has 0 radical (unpaired) electrons. The molecule has 0 bridgehead atoms. The summed E-state index contributed by atoms with van der Waals surface area (Å²) in [6.07, 6.45) is 0.337. The molecule has 1 fully saturated rings. The fourth-order valence-electron chi connectivity index (χ4n) is 1.91. The number of likely N-dealkylation sites (tertiary alicyclic amines) is 1. The van der Waals surface area contributed by atoms with Gasteiger partial charge in [0.25, 0.3) is 0 Å². The maximum atomic E-state index is 11.7. The zero-order valence-corrected chi connectivity index (χ0v) is 8.87. The molecule has 1 aliphatic heterocycles. The summed E-state index contributed by atoms with van der Waals surface area (Å²) < 4.78 is 0. The van der Waals surface area contributed by atoms with Crippen molar-refractivity contribution in [3.63, 3.8) is 0 Å². The molecule has 1 aliphatic rings. The summed E-state index contributed by atoms with van der Waals surface area (Å²) in [5.74, 6) is 0.158. The summed E-state index contributed by atoms with van der Waals surface area (Å²) in [5.41, 5.74) is -0.180. The van der Waals surface area contributed by atoms with Gasteiger partial charge < -0.3 is 10.0 Å². The Morgan fingerprint density at radius 1 is 1.54 bits per heavy atom. The first-order valence-electron chi connectivity index (χ1n) is 4.84. The van der Waals surface area contributed by atoms with E-state index in [1.54, 1.807) is 4.90 Å². The molecule has 1 rings (SSSR count). The predicted molar refractivity (Wildman–Crippen MR) is 51.3 cm³/mol. The number of carbonyl (C=O) groups is 1. The second kappa shape index (κ2) is 3.29. The predicted octanol–water partition coefficient (Wildman–Crippen LogP) is 1.01. The van der Waals surface area contributed by atoms with Crippen LogP contribution in [0.5, 0.6) is 0 Å². The van der Waals surface area contributed by atoms with Crippen LogP contribution in [0.25, 0.3) is 0 Å². The van der Waals surface area contributed by atoms with Crippen molar-refractivity contribution in [1.29, 1.82) is 0 Å². The van der Waals surface area contributed by atoms with Gasteiger partial charge in [-0.15, -0.1) is 0 Å². The smallest absolute Gasteiger partial charge is 0.225 e. The minimum Gasteiger partial charge on any atom is -0.391 e. The van der Waals surface area contributed by atoms with Crippen LogP contribution < -0.4 is 0 Å². The maximum Gasteiger partial charge on any atom is 0.225 e. The molecule has 0 saturated carbocycles. The highest BCUT2D eigenvalue weighted by molar-refractivity contribution is 5.79. The van der Waals surface area contributed by atoms with Crippen molar-refractivity contribution in [3.05, 3.63) is 0 Å². The van der Waals surface area contributed by atoms with Gasteiger partial charge in [0.2, 0.25) is 5.91 Å². The van der Waals surface area contributed by atoms with Crippen molar-refractivity contribution in [3.8, 4) is 0 Å². The van der Waals surface area contributed by atoms with Gasteiger partial charge in [-0.2, -0.15) is 0 Å². The highest BCUT2D eigenvalue weighted by Crippen LogP contribution is 2.29. The summed E-state index contributed by atoms with van der Waals surface area (Å²) in [4.78, 5) is 13.5. The van der Waals surface area contributed by atoms with Crippen LogP contribution in [0.1, 0.15) is 34.1 Å². The standard InChI is InChI=1S/C10H19NO2/c1-7(2)9(13)11-6-8(12)5-10(11,3)4/h7-8,12H,5-6H2,1-4H3. The number of carbonyl (C=O) groups excluding carboxylic acids is 1. The molecule has 3 nitrogen and oxygen atoms in total. The lowest BCUT2D eigenvalue weighted by molar-refractivity contribution is -0.137. The molecule has 1 unspecified atom stereocenters. The van der Waals surface area contributed by atoms with Gasteiger partial charge in [-0.1, -0.05) is 13.8 Å². The molecule has 0 aromatic rings. The van der Waals surface area contributed by atoms with Crippen molar-refractivity contribution in [2.45, 2.75) is 45.8 Å².